The minimum atomic E-state index is -0.919. The molecule has 1 aliphatic carbocycles. The molecule has 110 valence electrons. The summed E-state index contributed by atoms with van der Waals surface area (Å²) in [6, 6.07) is 1.66. The predicted octanol–water partition coefficient (Wildman–Crippen LogP) is 1.59. The average molecular weight is 277 g/mol. The molecule has 2 aliphatic rings. The maximum Gasteiger partial charge on any atom is 0.244 e. The molecule has 1 N–H and O–H groups in total. The Morgan fingerprint density at radius 1 is 1.15 bits per heavy atom. The predicted molar refractivity (Wildman–Crippen MR) is 74.5 cm³/mol. The average Bonchev–Trinajstić information content (AvgIpc) is 3.01. The van der Waals surface area contributed by atoms with Crippen LogP contribution in [-0.2, 0) is 9.59 Å². The Balaban J connectivity index is 1.95. The zero-order chi connectivity index (χ0) is 14.6. The second kappa shape index (κ2) is 6.25. The summed E-state index contributed by atoms with van der Waals surface area (Å²) in [5.41, 5.74) is -0.919. The third-order valence-corrected chi connectivity index (χ3v) is 4.49. The highest BCUT2D eigenvalue weighted by atomic mass is 16.2. The van der Waals surface area contributed by atoms with E-state index in [1.54, 1.807) is 11.8 Å². The number of rotatable bonds is 3. The standard InChI is InChI=1S/C15H23N3O2/c1-12(13(19)18-9-5-6-10-18)17-14(20)15(11-16)7-3-2-4-8-15/h12H,2-10H2,1H3,(H,17,20). The Morgan fingerprint density at radius 2 is 1.75 bits per heavy atom. The van der Waals surface area contributed by atoms with Gasteiger partial charge in [-0.2, -0.15) is 5.26 Å². The zero-order valence-electron chi connectivity index (χ0n) is 12.2. The fourth-order valence-corrected chi connectivity index (χ4v) is 3.15. The molecule has 5 nitrogen and oxygen atoms in total. The van der Waals surface area contributed by atoms with Crippen LogP contribution in [0.25, 0.3) is 0 Å². The number of carbonyl (C=O) groups is 2. The van der Waals surface area contributed by atoms with Crippen molar-refractivity contribution in [3.05, 3.63) is 0 Å². The van der Waals surface area contributed by atoms with Crippen LogP contribution < -0.4 is 5.32 Å². The molecule has 0 aromatic carbocycles. The molecule has 1 unspecified atom stereocenters. The van der Waals surface area contributed by atoms with Crippen molar-refractivity contribution in [2.45, 2.75) is 57.9 Å². The summed E-state index contributed by atoms with van der Waals surface area (Å²) in [5, 5.41) is 12.1. The molecule has 0 bridgehead atoms. The highest BCUT2D eigenvalue weighted by Gasteiger charge is 2.41. The lowest BCUT2D eigenvalue weighted by Gasteiger charge is -2.31. The van der Waals surface area contributed by atoms with Crippen molar-refractivity contribution in [3.63, 3.8) is 0 Å². The van der Waals surface area contributed by atoms with Crippen molar-refractivity contribution in [1.29, 1.82) is 5.26 Å². The molecule has 0 radical (unpaired) electrons. The van der Waals surface area contributed by atoms with Crippen LogP contribution in [0, 0.1) is 16.7 Å². The van der Waals surface area contributed by atoms with Crippen LogP contribution in [-0.4, -0.2) is 35.8 Å². The van der Waals surface area contributed by atoms with E-state index in [0.29, 0.717) is 12.8 Å². The van der Waals surface area contributed by atoms with E-state index >= 15 is 0 Å². The molecular formula is C15H23N3O2. The number of likely N-dealkylation sites (tertiary alicyclic amines) is 1. The van der Waals surface area contributed by atoms with Crippen molar-refractivity contribution in [3.8, 4) is 6.07 Å². The highest BCUT2D eigenvalue weighted by Crippen LogP contribution is 2.35. The van der Waals surface area contributed by atoms with E-state index in [2.05, 4.69) is 11.4 Å². The third kappa shape index (κ3) is 2.95. The van der Waals surface area contributed by atoms with Crippen molar-refractivity contribution in [1.82, 2.24) is 10.2 Å². The first-order chi connectivity index (χ1) is 9.59. The monoisotopic (exact) mass is 277 g/mol. The van der Waals surface area contributed by atoms with Gasteiger partial charge in [0.2, 0.25) is 11.8 Å². The van der Waals surface area contributed by atoms with Crippen LogP contribution in [0.15, 0.2) is 0 Å². The molecule has 5 heteroatoms. The van der Waals surface area contributed by atoms with E-state index in [1.807, 2.05) is 0 Å². The molecule has 1 saturated carbocycles. The lowest BCUT2D eigenvalue weighted by molar-refractivity contribution is -0.138. The molecule has 1 atom stereocenters. The molecular weight excluding hydrogens is 254 g/mol. The van der Waals surface area contributed by atoms with Gasteiger partial charge in [0, 0.05) is 13.1 Å². The Bertz CT molecular complexity index is 415. The van der Waals surface area contributed by atoms with E-state index in [1.165, 1.54) is 0 Å². The lowest BCUT2D eigenvalue weighted by atomic mass is 9.74. The van der Waals surface area contributed by atoms with Crippen molar-refractivity contribution >= 4 is 11.8 Å². The van der Waals surface area contributed by atoms with Gasteiger partial charge in [-0.1, -0.05) is 19.3 Å². The number of hydrogen-bond acceptors (Lipinski definition) is 3. The van der Waals surface area contributed by atoms with Crippen LogP contribution in [0.1, 0.15) is 51.9 Å². The summed E-state index contributed by atoms with van der Waals surface area (Å²) in [7, 11) is 0. The minimum absolute atomic E-state index is 0.0280. The highest BCUT2D eigenvalue weighted by molar-refractivity contribution is 5.91. The molecule has 0 spiro atoms. The van der Waals surface area contributed by atoms with Gasteiger partial charge in [-0.25, -0.2) is 0 Å². The van der Waals surface area contributed by atoms with Crippen LogP contribution in [0.4, 0.5) is 0 Å². The number of hydrogen-bond donors (Lipinski definition) is 1. The van der Waals surface area contributed by atoms with Crippen molar-refractivity contribution in [2.75, 3.05) is 13.1 Å². The van der Waals surface area contributed by atoms with Crippen LogP contribution >= 0.6 is 0 Å². The minimum Gasteiger partial charge on any atom is -0.343 e. The van der Waals surface area contributed by atoms with Crippen LogP contribution in [0.3, 0.4) is 0 Å². The Hall–Kier alpha value is -1.57. The van der Waals surface area contributed by atoms with Gasteiger partial charge >= 0.3 is 0 Å². The molecule has 2 fully saturated rings. The summed E-state index contributed by atoms with van der Waals surface area (Å²) in [4.78, 5) is 26.4. The number of nitrogens with one attached hydrogen (secondary N) is 1. The van der Waals surface area contributed by atoms with Gasteiger partial charge in [0.15, 0.2) is 0 Å². The van der Waals surface area contributed by atoms with E-state index in [0.717, 1.165) is 45.2 Å². The maximum absolute atomic E-state index is 12.4. The third-order valence-electron chi connectivity index (χ3n) is 4.49. The number of amides is 2. The summed E-state index contributed by atoms with van der Waals surface area (Å²) in [5.74, 6) is -0.292. The molecule has 2 rings (SSSR count). The normalized spacial score (nSPS) is 22.9. The smallest absolute Gasteiger partial charge is 0.244 e. The largest absolute Gasteiger partial charge is 0.343 e. The first-order valence-electron chi connectivity index (χ1n) is 7.60. The number of nitrogens with zero attached hydrogens (tertiary/aromatic N) is 2. The SMILES string of the molecule is CC(NC(=O)C1(C#N)CCCCC1)C(=O)N1CCCC1. The Morgan fingerprint density at radius 3 is 2.30 bits per heavy atom. The second-order valence-electron chi connectivity index (χ2n) is 5.98. The first kappa shape index (κ1) is 14.8. The van der Waals surface area contributed by atoms with E-state index < -0.39 is 11.5 Å². The number of carbonyl (C=O) groups excluding carboxylic acids is 2. The van der Waals surface area contributed by atoms with Gasteiger partial charge in [0.1, 0.15) is 11.5 Å². The van der Waals surface area contributed by atoms with Gasteiger partial charge in [-0.3, -0.25) is 9.59 Å². The fraction of sp³-hybridized carbons (Fsp3) is 0.800. The van der Waals surface area contributed by atoms with Crippen molar-refractivity contribution < 1.29 is 9.59 Å². The molecule has 1 aliphatic heterocycles. The molecule has 2 amide bonds. The summed E-state index contributed by atoms with van der Waals surface area (Å²) >= 11 is 0. The topological polar surface area (TPSA) is 73.2 Å². The second-order valence-corrected chi connectivity index (χ2v) is 5.98. The Labute approximate surface area is 120 Å². The van der Waals surface area contributed by atoms with Gasteiger partial charge in [-0.05, 0) is 32.6 Å². The van der Waals surface area contributed by atoms with Gasteiger partial charge in [0.05, 0.1) is 6.07 Å². The van der Waals surface area contributed by atoms with E-state index in [9.17, 15) is 14.9 Å². The Kier molecular flexibility index (Phi) is 4.64. The quantitative estimate of drug-likeness (QED) is 0.851. The maximum atomic E-state index is 12.4. The lowest BCUT2D eigenvalue weighted by Crippen LogP contribution is -2.51. The van der Waals surface area contributed by atoms with Gasteiger partial charge in [0.25, 0.3) is 0 Å². The summed E-state index contributed by atoms with van der Waals surface area (Å²) in [6.45, 7) is 3.28. The first-order valence-corrected chi connectivity index (χ1v) is 7.60. The van der Waals surface area contributed by atoms with E-state index in [-0.39, 0.29) is 11.8 Å². The van der Waals surface area contributed by atoms with Crippen LogP contribution in [0.5, 0.6) is 0 Å². The van der Waals surface area contributed by atoms with E-state index in [4.69, 9.17) is 0 Å². The van der Waals surface area contributed by atoms with Gasteiger partial charge in [-0.15, -0.1) is 0 Å². The van der Waals surface area contributed by atoms with Crippen molar-refractivity contribution in [2.24, 2.45) is 5.41 Å². The molecule has 1 saturated heterocycles. The molecule has 0 aromatic rings. The fourth-order valence-electron chi connectivity index (χ4n) is 3.15. The van der Waals surface area contributed by atoms with Crippen LogP contribution in [0.2, 0.25) is 0 Å². The summed E-state index contributed by atoms with van der Waals surface area (Å²) in [6.07, 6.45) is 6.20. The number of nitriles is 1. The molecule has 1 heterocycles. The summed E-state index contributed by atoms with van der Waals surface area (Å²) < 4.78 is 0. The zero-order valence-corrected chi connectivity index (χ0v) is 12.2. The molecule has 0 aromatic heterocycles. The van der Waals surface area contributed by atoms with Gasteiger partial charge < -0.3 is 10.2 Å². The molecule has 20 heavy (non-hydrogen) atoms.